The average molecular weight is 610 g/mol. The lowest BCUT2D eigenvalue weighted by Crippen LogP contribution is -2.38. The maximum atomic E-state index is 12.8. The predicted octanol–water partition coefficient (Wildman–Crippen LogP) is 3.18. The topological polar surface area (TPSA) is 156 Å². The molecular weight excluding hydrogens is 574 g/mol. The second kappa shape index (κ2) is 13.8. The first-order valence-electron chi connectivity index (χ1n) is 13.6. The minimum Gasteiger partial charge on any atom is -0.491 e. The van der Waals surface area contributed by atoms with Crippen molar-refractivity contribution in [1.29, 1.82) is 0 Å². The van der Waals surface area contributed by atoms with Gasteiger partial charge in [-0.25, -0.2) is 18.0 Å². The van der Waals surface area contributed by atoms with E-state index in [4.69, 9.17) is 9.47 Å². The molecule has 4 rings (SSSR count). The number of aliphatic hydroxyl groups is 1. The van der Waals surface area contributed by atoms with E-state index in [9.17, 15) is 28.2 Å². The van der Waals surface area contributed by atoms with Crippen molar-refractivity contribution in [2.24, 2.45) is 0 Å². The number of benzene rings is 3. The SMILES string of the molecule is COC(=O)c1ccc(C(NS(C)(=O)=O)n2c(C(=O)O)c(CC(C)NCC(O)COc3ccccc3)c3ccccc32)cc1. The molecule has 4 aromatic rings. The quantitative estimate of drug-likeness (QED) is 0.158. The summed E-state index contributed by atoms with van der Waals surface area (Å²) >= 11 is 0. The Morgan fingerprint density at radius 1 is 0.977 bits per heavy atom. The second-order valence-corrected chi connectivity index (χ2v) is 12.0. The van der Waals surface area contributed by atoms with Crippen molar-refractivity contribution in [3.05, 3.63) is 101 Å². The van der Waals surface area contributed by atoms with Crippen LogP contribution in [0.1, 0.15) is 45.1 Å². The molecular formula is C31H35N3O8S. The van der Waals surface area contributed by atoms with Gasteiger partial charge < -0.3 is 29.6 Å². The fourth-order valence-corrected chi connectivity index (χ4v) is 5.56. The first-order valence-corrected chi connectivity index (χ1v) is 15.5. The maximum absolute atomic E-state index is 12.8. The number of rotatable bonds is 14. The number of aliphatic hydroxyl groups excluding tert-OH is 1. The van der Waals surface area contributed by atoms with E-state index in [0.29, 0.717) is 27.8 Å². The highest BCUT2D eigenvalue weighted by Crippen LogP contribution is 2.33. The number of ether oxygens (including phenoxy) is 2. The van der Waals surface area contributed by atoms with Crippen molar-refractivity contribution in [1.82, 2.24) is 14.6 Å². The fourth-order valence-electron chi connectivity index (χ4n) is 4.91. The molecule has 1 aromatic heterocycles. The van der Waals surface area contributed by atoms with Crippen LogP contribution in [0.25, 0.3) is 10.9 Å². The number of methoxy groups -OCH3 is 1. The number of para-hydroxylation sites is 2. The van der Waals surface area contributed by atoms with E-state index in [1.165, 1.54) is 23.8 Å². The molecule has 0 saturated heterocycles. The molecule has 3 unspecified atom stereocenters. The van der Waals surface area contributed by atoms with Crippen LogP contribution in [0.2, 0.25) is 0 Å². The number of carbonyl (C=O) groups is 2. The zero-order valence-electron chi connectivity index (χ0n) is 24.1. The summed E-state index contributed by atoms with van der Waals surface area (Å²) in [5.74, 6) is -1.15. The molecule has 0 fully saturated rings. The van der Waals surface area contributed by atoms with Crippen LogP contribution in [0.5, 0.6) is 5.75 Å². The highest BCUT2D eigenvalue weighted by atomic mass is 32.2. The zero-order valence-corrected chi connectivity index (χ0v) is 24.9. The van der Waals surface area contributed by atoms with E-state index < -0.39 is 34.2 Å². The summed E-state index contributed by atoms with van der Waals surface area (Å²) in [5, 5.41) is 24.8. The van der Waals surface area contributed by atoms with Gasteiger partial charge >= 0.3 is 11.9 Å². The molecule has 0 aliphatic carbocycles. The van der Waals surface area contributed by atoms with Gasteiger partial charge in [0.2, 0.25) is 10.0 Å². The molecule has 3 aromatic carbocycles. The molecule has 0 amide bonds. The summed E-state index contributed by atoms with van der Waals surface area (Å²) in [6.07, 6.45) is -0.672. The van der Waals surface area contributed by atoms with Gasteiger partial charge in [0.15, 0.2) is 0 Å². The number of carboxylic acid groups (broad SMARTS) is 1. The molecule has 11 nitrogen and oxygen atoms in total. The highest BCUT2D eigenvalue weighted by molar-refractivity contribution is 7.88. The number of carbonyl (C=O) groups excluding carboxylic acids is 1. The number of hydrogen-bond acceptors (Lipinski definition) is 8. The second-order valence-electron chi connectivity index (χ2n) is 10.2. The van der Waals surface area contributed by atoms with Crippen LogP contribution in [0.15, 0.2) is 78.9 Å². The van der Waals surface area contributed by atoms with Crippen molar-refractivity contribution in [2.45, 2.75) is 31.7 Å². The van der Waals surface area contributed by atoms with E-state index in [1.807, 2.05) is 25.1 Å². The standard InChI is InChI=1S/C31H35N3O8S/c1-20(32-18-23(35)19-42-24-9-5-4-6-10-24)17-26-25-11-7-8-12-27(25)34(28(26)30(36)37)29(33-43(3,39)40)21-13-15-22(16-14-21)31(38)41-2/h4-16,20,23,29,32-33,35H,17-19H2,1-3H3,(H,36,37). The van der Waals surface area contributed by atoms with Crippen LogP contribution >= 0.6 is 0 Å². The lowest BCUT2D eigenvalue weighted by molar-refractivity contribution is 0.0599. The number of carboxylic acids is 1. The molecule has 228 valence electrons. The summed E-state index contributed by atoms with van der Waals surface area (Å²) < 4.78 is 39.4. The molecule has 43 heavy (non-hydrogen) atoms. The van der Waals surface area contributed by atoms with E-state index >= 15 is 0 Å². The Hall–Kier alpha value is -4.23. The first kappa shape index (κ1) is 31.7. The smallest absolute Gasteiger partial charge is 0.352 e. The molecule has 0 radical (unpaired) electrons. The predicted molar refractivity (Wildman–Crippen MR) is 162 cm³/mol. The largest absolute Gasteiger partial charge is 0.491 e. The lowest BCUT2D eigenvalue weighted by Gasteiger charge is -2.23. The van der Waals surface area contributed by atoms with Gasteiger partial charge in [-0.15, -0.1) is 0 Å². The Morgan fingerprint density at radius 3 is 2.26 bits per heavy atom. The van der Waals surface area contributed by atoms with Crippen LogP contribution in [-0.4, -0.2) is 73.8 Å². The third-order valence-electron chi connectivity index (χ3n) is 6.85. The molecule has 0 saturated carbocycles. The number of aromatic nitrogens is 1. The van der Waals surface area contributed by atoms with Crippen LogP contribution in [0.4, 0.5) is 0 Å². The molecule has 1 heterocycles. The Kier molecular flexibility index (Phi) is 10.2. The summed E-state index contributed by atoms with van der Waals surface area (Å²) in [6.45, 7) is 2.16. The first-order chi connectivity index (χ1) is 20.5. The summed E-state index contributed by atoms with van der Waals surface area (Å²) in [4.78, 5) is 24.8. The van der Waals surface area contributed by atoms with Gasteiger partial charge in [-0.1, -0.05) is 48.5 Å². The Morgan fingerprint density at radius 2 is 1.63 bits per heavy atom. The van der Waals surface area contributed by atoms with Crippen LogP contribution in [0, 0.1) is 0 Å². The Balaban J connectivity index is 1.66. The van der Waals surface area contributed by atoms with Crippen LogP contribution < -0.4 is 14.8 Å². The van der Waals surface area contributed by atoms with Crippen LogP contribution in [0.3, 0.4) is 0 Å². The third-order valence-corrected chi connectivity index (χ3v) is 7.50. The van der Waals surface area contributed by atoms with E-state index in [0.717, 1.165) is 6.26 Å². The van der Waals surface area contributed by atoms with Crippen molar-refractivity contribution in [2.75, 3.05) is 26.5 Å². The number of nitrogens with zero attached hydrogens (tertiary/aromatic N) is 1. The molecule has 4 N–H and O–H groups in total. The van der Waals surface area contributed by atoms with E-state index in [2.05, 4.69) is 10.0 Å². The molecule has 0 aliphatic heterocycles. The van der Waals surface area contributed by atoms with E-state index in [-0.39, 0.29) is 36.9 Å². The normalized spacial score (nSPS) is 13.8. The summed E-state index contributed by atoms with van der Waals surface area (Å²) in [7, 11) is -2.57. The van der Waals surface area contributed by atoms with E-state index in [1.54, 1.807) is 48.5 Å². The number of hydrogen-bond donors (Lipinski definition) is 4. The Bertz CT molecular complexity index is 1670. The van der Waals surface area contributed by atoms with Crippen LogP contribution in [-0.2, 0) is 21.2 Å². The van der Waals surface area contributed by atoms with Crippen molar-refractivity contribution >= 4 is 32.9 Å². The maximum Gasteiger partial charge on any atom is 0.352 e. The van der Waals surface area contributed by atoms with Crippen molar-refractivity contribution < 1.29 is 37.7 Å². The van der Waals surface area contributed by atoms with Gasteiger partial charge in [-0.2, -0.15) is 4.72 Å². The van der Waals surface area contributed by atoms with Gasteiger partial charge in [0.1, 0.15) is 30.3 Å². The number of nitrogens with one attached hydrogen (secondary N) is 2. The highest BCUT2D eigenvalue weighted by Gasteiger charge is 2.30. The number of aromatic carboxylic acids is 1. The lowest BCUT2D eigenvalue weighted by atomic mass is 10.0. The number of fused-ring (bicyclic) bond motifs is 1. The molecule has 0 bridgehead atoms. The molecule has 12 heteroatoms. The van der Waals surface area contributed by atoms with Crippen molar-refractivity contribution in [3.8, 4) is 5.75 Å². The number of esters is 1. The van der Waals surface area contributed by atoms with Crippen molar-refractivity contribution in [3.63, 3.8) is 0 Å². The van der Waals surface area contributed by atoms with Gasteiger partial charge in [-0.05, 0) is 54.8 Å². The zero-order chi connectivity index (χ0) is 31.1. The fraction of sp³-hybridized carbons (Fsp3) is 0.290. The molecule has 0 aliphatic rings. The number of sulfonamides is 1. The third kappa shape index (κ3) is 7.99. The van der Waals surface area contributed by atoms with Gasteiger partial charge in [0.25, 0.3) is 0 Å². The van der Waals surface area contributed by atoms with Gasteiger partial charge in [-0.3, -0.25) is 0 Å². The Labute approximate surface area is 250 Å². The monoisotopic (exact) mass is 609 g/mol. The molecule has 3 atom stereocenters. The van der Waals surface area contributed by atoms with Gasteiger partial charge in [0, 0.05) is 18.0 Å². The summed E-state index contributed by atoms with van der Waals surface area (Å²) in [5.41, 5.74) is 1.61. The summed E-state index contributed by atoms with van der Waals surface area (Å²) in [6, 6.07) is 22.0. The minimum absolute atomic E-state index is 0.0804. The minimum atomic E-state index is -3.83. The average Bonchev–Trinajstić information content (AvgIpc) is 3.31. The van der Waals surface area contributed by atoms with Gasteiger partial charge in [0.05, 0.1) is 24.4 Å². The molecule has 0 spiro atoms.